The van der Waals surface area contributed by atoms with Gasteiger partial charge in [-0.15, -0.1) is 21.5 Å². The normalized spacial score (nSPS) is 13.0. The molecule has 0 aliphatic rings. The fourth-order valence-electron chi connectivity index (χ4n) is 2.46. The molecule has 0 aromatic carbocycles. The molecule has 0 amide bonds. The van der Waals surface area contributed by atoms with E-state index in [1.807, 2.05) is 0 Å². The van der Waals surface area contributed by atoms with E-state index < -0.39 is 0 Å². The summed E-state index contributed by atoms with van der Waals surface area (Å²) < 4.78 is 7.17. The summed E-state index contributed by atoms with van der Waals surface area (Å²) in [5.41, 5.74) is 0. The first-order valence-electron chi connectivity index (χ1n) is 8.72. The fraction of sp³-hybridized carbons (Fsp3) is 0.588. The van der Waals surface area contributed by atoms with E-state index >= 15 is 0 Å². The Morgan fingerprint density at radius 1 is 1.44 bits per heavy atom. The van der Waals surface area contributed by atoms with Gasteiger partial charge in [0, 0.05) is 31.5 Å². The van der Waals surface area contributed by atoms with E-state index in [-0.39, 0.29) is 6.04 Å². The fourth-order valence-corrected chi connectivity index (χ4v) is 3.33. The van der Waals surface area contributed by atoms with Crippen LogP contribution in [0.2, 0.25) is 0 Å². The number of hydrogen-bond acceptors (Lipinski definition) is 5. The van der Waals surface area contributed by atoms with Crippen molar-refractivity contribution in [3.8, 4) is 0 Å². The minimum Gasteiger partial charge on any atom is -0.383 e. The molecule has 1 atom stereocenters. The number of thiophene rings is 1. The van der Waals surface area contributed by atoms with Gasteiger partial charge in [-0.25, -0.2) is 0 Å². The Labute approximate surface area is 153 Å². The van der Waals surface area contributed by atoms with Crippen LogP contribution in [0.4, 0.5) is 0 Å². The van der Waals surface area contributed by atoms with E-state index in [1.54, 1.807) is 24.8 Å². The average Bonchev–Trinajstić information content (AvgIpc) is 3.30. The zero-order chi connectivity index (χ0) is 17.9. The summed E-state index contributed by atoms with van der Waals surface area (Å²) in [4.78, 5) is 5.92. The third kappa shape index (κ3) is 6.13. The summed E-state index contributed by atoms with van der Waals surface area (Å²) >= 11 is 1.76. The molecule has 7 nitrogen and oxygen atoms in total. The largest absolute Gasteiger partial charge is 0.383 e. The number of ether oxygens (including phenoxy) is 1. The molecular weight excluding hydrogens is 336 g/mol. The second-order valence-electron chi connectivity index (χ2n) is 5.56. The van der Waals surface area contributed by atoms with Gasteiger partial charge in [-0.1, -0.05) is 19.9 Å². The highest BCUT2D eigenvalue weighted by molar-refractivity contribution is 7.10. The monoisotopic (exact) mass is 364 g/mol. The Morgan fingerprint density at radius 2 is 2.32 bits per heavy atom. The van der Waals surface area contributed by atoms with Crippen molar-refractivity contribution in [1.29, 1.82) is 0 Å². The number of aliphatic imine (C=N–C) groups is 1. The molecule has 2 aromatic rings. The van der Waals surface area contributed by atoms with Gasteiger partial charge in [-0.2, -0.15) is 0 Å². The van der Waals surface area contributed by atoms with E-state index in [4.69, 9.17) is 4.74 Å². The van der Waals surface area contributed by atoms with Crippen LogP contribution in [0, 0.1) is 0 Å². The molecule has 2 N–H and O–H groups in total. The van der Waals surface area contributed by atoms with Crippen LogP contribution in [-0.4, -0.2) is 47.5 Å². The van der Waals surface area contributed by atoms with Crippen molar-refractivity contribution >= 4 is 17.3 Å². The van der Waals surface area contributed by atoms with Crippen molar-refractivity contribution < 1.29 is 4.74 Å². The minimum atomic E-state index is 0.259. The third-order valence-electron chi connectivity index (χ3n) is 3.83. The molecule has 8 heteroatoms. The van der Waals surface area contributed by atoms with Crippen LogP contribution in [-0.2, 0) is 17.7 Å². The lowest BCUT2D eigenvalue weighted by Gasteiger charge is -2.20. The predicted molar refractivity (Wildman–Crippen MR) is 102 cm³/mol. The van der Waals surface area contributed by atoms with E-state index in [9.17, 15) is 0 Å². The van der Waals surface area contributed by atoms with Crippen molar-refractivity contribution in [3.63, 3.8) is 0 Å². The standard InChI is InChI=1S/C17H28N6OS/c1-4-14(15-7-6-12-25-15)21-17(19-9-11-24-3)18-8-10-23-13-20-22-16(23)5-2/h6-7,12-14H,4-5,8-11H2,1-3H3,(H2,18,19,21). The molecule has 0 saturated heterocycles. The van der Waals surface area contributed by atoms with Crippen LogP contribution in [0.3, 0.4) is 0 Å². The summed E-state index contributed by atoms with van der Waals surface area (Å²) in [7, 11) is 1.69. The first kappa shape index (κ1) is 19.4. The Balaban J connectivity index is 1.94. The highest BCUT2D eigenvalue weighted by Crippen LogP contribution is 2.21. The molecule has 0 bridgehead atoms. The van der Waals surface area contributed by atoms with Crippen LogP contribution in [0.15, 0.2) is 28.8 Å². The number of rotatable bonds is 10. The number of nitrogens with one attached hydrogen (secondary N) is 2. The lowest BCUT2D eigenvalue weighted by Crippen LogP contribution is -2.41. The molecule has 0 fully saturated rings. The second-order valence-corrected chi connectivity index (χ2v) is 6.54. The maximum Gasteiger partial charge on any atom is 0.191 e. The van der Waals surface area contributed by atoms with E-state index in [0.29, 0.717) is 13.2 Å². The molecule has 2 aromatic heterocycles. The zero-order valence-electron chi connectivity index (χ0n) is 15.2. The van der Waals surface area contributed by atoms with Gasteiger partial charge in [0.1, 0.15) is 12.2 Å². The summed E-state index contributed by atoms with van der Waals surface area (Å²) in [5.74, 6) is 1.81. The van der Waals surface area contributed by atoms with Crippen LogP contribution >= 0.6 is 11.3 Å². The van der Waals surface area contributed by atoms with Crippen molar-refractivity contribution in [2.45, 2.75) is 39.3 Å². The highest BCUT2D eigenvalue weighted by Gasteiger charge is 2.12. The van der Waals surface area contributed by atoms with Crippen molar-refractivity contribution in [2.24, 2.45) is 4.99 Å². The zero-order valence-corrected chi connectivity index (χ0v) is 16.1. The van der Waals surface area contributed by atoms with Crippen molar-refractivity contribution in [1.82, 2.24) is 25.4 Å². The Bertz CT molecular complexity index is 625. The van der Waals surface area contributed by atoms with Crippen LogP contribution in [0.5, 0.6) is 0 Å². The maximum absolute atomic E-state index is 5.11. The van der Waals surface area contributed by atoms with Gasteiger partial charge in [-0.05, 0) is 17.9 Å². The number of nitrogens with zero attached hydrogens (tertiary/aromatic N) is 4. The molecule has 0 radical (unpaired) electrons. The first-order valence-corrected chi connectivity index (χ1v) is 9.60. The summed E-state index contributed by atoms with van der Waals surface area (Å²) in [5, 5.41) is 17.1. The quantitative estimate of drug-likeness (QED) is 0.384. The maximum atomic E-state index is 5.11. The summed E-state index contributed by atoms with van der Waals surface area (Å²) in [6, 6.07) is 4.50. The van der Waals surface area contributed by atoms with Gasteiger partial charge in [0.15, 0.2) is 5.96 Å². The topological polar surface area (TPSA) is 76.4 Å². The molecule has 0 aliphatic carbocycles. The Kier molecular flexibility index (Phi) is 8.41. The molecule has 138 valence electrons. The molecule has 1 unspecified atom stereocenters. The van der Waals surface area contributed by atoms with Gasteiger partial charge in [0.2, 0.25) is 0 Å². The first-order chi connectivity index (χ1) is 12.3. The number of methoxy groups -OCH3 is 1. The van der Waals surface area contributed by atoms with E-state index in [1.165, 1.54) is 4.88 Å². The lowest BCUT2D eigenvalue weighted by atomic mass is 10.2. The molecule has 0 saturated carbocycles. The number of aromatic nitrogens is 3. The average molecular weight is 365 g/mol. The molecule has 2 heterocycles. The van der Waals surface area contributed by atoms with E-state index in [0.717, 1.165) is 37.7 Å². The number of aryl methyl sites for hydroxylation is 1. The lowest BCUT2D eigenvalue weighted by molar-refractivity contribution is 0.208. The van der Waals surface area contributed by atoms with E-state index in [2.05, 4.69) is 61.8 Å². The third-order valence-corrected chi connectivity index (χ3v) is 4.81. The van der Waals surface area contributed by atoms with Gasteiger partial charge < -0.3 is 19.9 Å². The minimum absolute atomic E-state index is 0.259. The highest BCUT2D eigenvalue weighted by atomic mass is 32.1. The predicted octanol–water partition coefficient (Wildman–Crippen LogP) is 2.23. The van der Waals surface area contributed by atoms with Gasteiger partial charge in [-0.3, -0.25) is 4.99 Å². The van der Waals surface area contributed by atoms with Gasteiger partial charge >= 0.3 is 0 Å². The van der Waals surface area contributed by atoms with Crippen LogP contribution < -0.4 is 10.6 Å². The van der Waals surface area contributed by atoms with Crippen molar-refractivity contribution in [2.75, 3.05) is 26.8 Å². The molecule has 0 spiro atoms. The molecular formula is C17H28N6OS. The Morgan fingerprint density at radius 3 is 3.00 bits per heavy atom. The number of hydrogen-bond donors (Lipinski definition) is 2. The number of guanidine groups is 1. The smallest absolute Gasteiger partial charge is 0.191 e. The summed E-state index contributed by atoms with van der Waals surface area (Å²) in [6.45, 7) is 7.05. The van der Waals surface area contributed by atoms with Gasteiger partial charge in [0.25, 0.3) is 0 Å². The van der Waals surface area contributed by atoms with Crippen LogP contribution in [0.25, 0.3) is 0 Å². The molecule has 2 rings (SSSR count). The SMILES string of the molecule is CCc1nncn1CCNC(=NCCOC)NC(CC)c1cccs1. The van der Waals surface area contributed by atoms with Crippen LogP contribution in [0.1, 0.15) is 37.0 Å². The molecule has 25 heavy (non-hydrogen) atoms. The molecule has 0 aliphatic heterocycles. The second kappa shape index (κ2) is 10.8. The van der Waals surface area contributed by atoms with Crippen molar-refractivity contribution in [3.05, 3.63) is 34.5 Å². The van der Waals surface area contributed by atoms with Gasteiger partial charge in [0.05, 0.1) is 19.2 Å². The summed E-state index contributed by atoms with van der Waals surface area (Å²) in [6.07, 6.45) is 3.65. The Hall–Kier alpha value is -1.93.